The van der Waals surface area contributed by atoms with Crippen molar-refractivity contribution in [1.82, 2.24) is 0 Å². The fourth-order valence-corrected chi connectivity index (χ4v) is 5.46. The van der Waals surface area contributed by atoms with Gasteiger partial charge in [0.1, 0.15) is 11.0 Å². The first-order valence-electron chi connectivity index (χ1n) is 6.81. The Balaban J connectivity index is 2.16. The number of benzene rings is 2. The zero-order valence-electron chi connectivity index (χ0n) is 11.9. The molecule has 0 saturated carbocycles. The number of fused-ring (bicyclic) bond motifs is 1. The van der Waals surface area contributed by atoms with Crippen LogP contribution in [-0.2, 0) is 10.0 Å². The van der Waals surface area contributed by atoms with Gasteiger partial charge in [-0.1, -0.05) is 31.2 Å². The number of hydrogen-bond acceptors (Lipinski definition) is 4. The van der Waals surface area contributed by atoms with Gasteiger partial charge in [-0.3, -0.25) is 4.31 Å². The summed E-state index contributed by atoms with van der Waals surface area (Å²) in [5.41, 5.74) is 0.851. The Morgan fingerprint density at radius 1 is 1.18 bits per heavy atom. The predicted octanol–water partition coefficient (Wildman–Crippen LogP) is 3.25. The molecule has 3 rings (SSSR count). The average Bonchev–Trinajstić information content (AvgIpc) is 2.53. The molecule has 0 bridgehead atoms. The summed E-state index contributed by atoms with van der Waals surface area (Å²) in [5, 5.41) is 9.34. The van der Waals surface area contributed by atoms with Crippen molar-refractivity contribution >= 4 is 27.5 Å². The molecule has 6 heteroatoms. The third-order valence-electron chi connectivity index (χ3n) is 3.46. The highest BCUT2D eigenvalue weighted by Gasteiger charge is 2.33. The first-order valence-corrected chi connectivity index (χ1v) is 9.13. The number of nitrogens with zero attached hydrogens (tertiary/aromatic N) is 2. The van der Waals surface area contributed by atoms with Crippen molar-refractivity contribution in [2.75, 3.05) is 10.8 Å². The molecule has 0 aliphatic carbocycles. The zero-order valence-corrected chi connectivity index (χ0v) is 13.6. The van der Waals surface area contributed by atoms with Gasteiger partial charge in [0.2, 0.25) is 0 Å². The minimum Gasteiger partial charge on any atom is -0.264 e. The average molecular weight is 330 g/mol. The molecule has 22 heavy (non-hydrogen) atoms. The lowest BCUT2D eigenvalue weighted by Crippen LogP contribution is -2.38. The topological polar surface area (TPSA) is 61.2 Å². The fraction of sp³-hybridized carbons (Fsp3) is 0.188. The molecule has 0 spiro atoms. The van der Waals surface area contributed by atoms with E-state index in [4.69, 9.17) is 0 Å². The van der Waals surface area contributed by atoms with Gasteiger partial charge in [-0.05, 0) is 24.3 Å². The molecule has 2 aromatic carbocycles. The highest BCUT2D eigenvalue weighted by Crippen LogP contribution is 2.40. The van der Waals surface area contributed by atoms with Gasteiger partial charge in [-0.2, -0.15) is 5.26 Å². The van der Waals surface area contributed by atoms with Gasteiger partial charge in [0.05, 0.1) is 11.3 Å². The largest absolute Gasteiger partial charge is 0.265 e. The molecule has 0 N–H and O–H groups in total. The highest BCUT2D eigenvalue weighted by molar-refractivity contribution is 8.00. The van der Waals surface area contributed by atoms with Crippen LogP contribution in [0, 0.1) is 11.3 Å². The number of sulfonamides is 1. The smallest absolute Gasteiger partial charge is 0.264 e. The van der Waals surface area contributed by atoms with Gasteiger partial charge in [-0.25, -0.2) is 8.42 Å². The van der Waals surface area contributed by atoms with E-state index in [1.54, 1.807) is 30.0 Å². The fourth-order valence-electron chi connectivity index (χ4n) is 2.48. The summed E-state index contributed by atoms with van der Waals surface area (Å²) >= 11 is 1.67. The third-order valence-corrected chi connectivity index (χ3v) is 6.45. The second-order valence-corrected chi connectivity index (χ2v) is 8.35. The maximum absolute atomic E-state index is 13.0. The number of nitriles is 1. The Kier molecular flexibility index (Phi) is 3.85. The summed E-state index contributed by atoms with van der Waals surface area (Å²) in [4.78, 5) is 1.01. The van der Waals surface area contributed by atoms with Crippen LogP contribution in [0.15, 0.2) is 58.3 Å². The van der Waals surface area contributed by atoms with Crippen LogP contribution in [0.5, 0.6) is 0 Å². The van der Waals surface area contributed by atoms with Crippen LogP contribution < -0.4 is 4.31 Å². The molecule has 2 aromatic rings. The van der Waals surface area contributed by atoms with Gasteiger partial charge >= 0.3 is 0 Å². The molecular weight excluding hydrogens is 316 g/mol. The van der Waals surface area contributed by atoms with Gasteiger partial charge in [0.15, 0.2) is 0 Å². The third kappa shape index (κ3) is 2.47. The lowest BCUT2D eigenvalue weighted by atomic mass is 10.2. The molecule has 0 saturated heterocycles. The number of hydrogen-bond donors (Lipinski definition) is 0. The first-order chi connectivity index (χ1) is 10.5. The summed E-state index contributed by atoms with van der Waals surface area (Å²) in [6.45, 7) is 2.39. The summed E-state index contributed by atoms with van der Waals surface area (Å²) < 4.78 is 27.5. The number of thioether (sulfide) groups is 1. The summed E-state index contributed by atoms with van der Waals surface area (Å²) in [7, 11) is -3.75. The standard InChI is InChI=1S/C16H14N2O2S2/c1-12-11-18(14-7-3-4-8-15(14)21-12)22(19,20)16-9-5-2-6-13(16)10-17/h2-9,12H,11H2,1H3. The normalized spacial score (nSPS) is 17.6. The number of anilines is 1. The van der Waals surface area contributed by atoms with Gasteiger partial charge < -0.3 is 0 Å². The van der Waals surface area contributed by atoms with Crippen LogP contribution in [0.2, 0.25) is 0 Å². The minimum atomic E-state index is -3.75. The lowest BCUT2D eigenvalue weighted by Gasteiger charge is -2.33. The zero-order chi connectivity index (χ0) is 15.7. The molecule has 0 aromatic heterocycles. The quantitative estimate of drug-likeness (QED) is 0.848. The Bertz CT molecular complexity index is 856. The van der Waals surface area contributed by atoms with E-state index in [-0.39, 0.29) is 15.7 Å². The van der Waals surface area contributed by atoms with Crippen LogP contribution in [0.3, 0.4) is 0 Å². The molecule has 1 aliphatic heterocycles. The molecule has 0 amide bonds. The van der Waals surface area contributed by atoms with Crippen LogP contribution in [0.1, 0.15) is 12.5 Å². The van der Waals surface area contributed by atoms with E-state index < -0.39 is 10.0 Å². The maximum Gasteiger partial charge on any atom is 0.265 e. The molecular formula is C16H14N2O2S2. The Labute approximate surface area is 134 Å². The first kappa shape index (κ1) is 14.9. The second kappa shape index (κ2) is 5.67. The van der Waals surface area contributed by atoms with Crippen LogP contribution in [-0.4, -0.2) is 20.2 Å². The van der Waals surface area contributed by atoms with Crippen molar-refractivity contribution in [3.8, 4) is 6.07 Å². The van der Waals surface area contributed by atoms with E-state index in [9.17, 15) is 13.7 Å². The molecule has 4 nitrogen and oxygen atoms in total. The maximum atomic E-state index is 13.0. The van der Waals surface area contributed by atoms with Crippen LogP contribution in [0.25, 0.3) is 0 Å². The highest BCUT2D eigenvalue weighted by atomic mass is 32.2. The summed E-state index contributed by atoms with van der Waals surface area (Å²) in [6.07, 6.45) is 0. The second-order valence-electron chi connectivity index (χ2n) is 5.04. The monoisotopic (exact) mass is 330 g/mol. The number of para-hydroxylation sites is 1. The van der Waals surface area contributed by atoms with E-state index in [1.807, 2.05) is 31.2 Å². The molecule has 1 atom stereocenters. The van der Waals surface area contributed by atoms with Crippen molar-refractivity contribution < 1.29 is 8.42 Å². The van der Waals surface area contributed by atoms with Crippen LogP contribution in [0.4, 0.5) is 5.69 Å². The van der Waals surface area contributed by atoms with Gasteiger partial charge in [0, 0.05) is 16.7 Å². The summed E-state index contributed by atoms with van der Waals surface area (Å²) in [5.74, 6) is 0. The SMILES string of the molecule is CC1CN(S(=O)(=O)c2ccccc2C#N)c2ccccc2S1. The molecule has 1 heterocycles. The van der Waals surface area contributed by atoms with E-state index in [1.165, 1.54) is 16.4 Å². The molecule has 0 radical (unpaired) electrons. The van der Waals surface area contributed by atoms with Crippen molar-refractivity contribution in [2.24, 2.45) is 0 Å². The van der Waals surface area contributed by atoms with E-state index in [0.717, 1.165) is 4.90 Å². The Morgan fingerprint density at radius 3 is 2.64 bits per heavy atom. The van der Waals surface area contributed by atoms with E-state index >= 15 is 0 Å². The number of rotatable bonds is 2. The van der Waals surface area contributed by atoms with Crippen molar-refractivity contribution in [1.29, 1.82) is 5.26 Å². The molecule has 1 aliphatic rings. The van der Waals surface area contributed by atoms with E-state index in [2.05, 4.69) is 0 Å². The minimum absolute atomic E-state index is 0.0615. The Morgan fingerprint density at radius 2 is 1.86 bits per heavy atom. The van der Waals surface area contributed by atoms with Crippen molar-refractivity contribution in [3.63, 3.8) is 0 Å². The Hall–Kier alpha value is -1.97. The molecule has 1 unspecified atom stereocenters. The van der Waals surface area contributed by atoms with Crippen LogP contribution >= 0.6 is 11.8 Å². The van der Waals surface area contributed by atoms with Crippen molar-refractivity contribution in [2.45, 2.75) is 22.0 Å². The lowest BCUT2D eigenvalue weighted by molar-refractivity contribution is 0.589. The predicted molar refractivity (Wildman–Crippen MR) is 87.4 cm³/mol. The summed E-state index contributed by atoms with van der Waals surface area (Å²) in [6, 6.07) is 15.7. The molecule has 0 fully saturated rings. The van der Waals surface area contributed by atoms with E-state index in [0.29, 0.717) is 12.2 Å². The van der Waals surface area contributed by atoms with Crippen molar-refractivity contribution in [3.05, 3.63) is 54.1 Å². The molecule has 112 valence electrons. The van der Waals surface area contributed by atoms with Gasteiger partial charge in [-0.15, -0.1) is 11.8 Å². The van der Waals surface area contributed by atoms with Gasteiger partial charge in [0.25, 0.3) is 10.0 Å².